The standard InChI is InChI=1S/C9H7F3O/c1-6-3-2-4-7(5-13)8(6)9(10,11)12/h2-5H,1H3. The molecular formula is C9H7F3O. The molecule has 4 heteroatoms. The number of carbonyl (C=O) groups excluding carboxylic acids is 1. The number of hydrogen-bond donors (Lipinski definition) is 0. The van der Waals surface area contributed by atoms with E-state index in [1.165, 1.54) is 19.1 Å². The second-order valence-electron chi connectivity index (χ2n) is 2.65. The molecule has 0 saturated heterocycles. The van der Waals surface area contributed by atoms with Gasteiger partial charge in [0.2, 0.25) is 0 Å². The Morgan fingerprint density at radius 3 is 2.31 bits per heavy atom. The first-order chi connectivity index (χ1) is 5.96. The van der Waals surface area contributed by atoms with Gasteiger partial charge in [0.1, 0.15) is 0 Å². The van der Waals surface area contributed by atoms with Crippen LogP contribution in [0, 0.1) is 6.92 Å². The zero-order valence-corrected chi connectivity index (χ0v) is 6.85. The summed E-state index contributed by atoms with van der Waals surface area (Å²) in [6, 6.07) is 3.91. The smallest absolute Gasteiger partial charge is 0.298 e. The monoisotopic (exact) mass is 188 g/mol. The van der Waals surface area contributed by atoms with Crippen molar-refractivity contribution in [3.63, 3.8) is 0 Å². The summed E-state index contributed by atoms with van der Waals surface area (Å²) >= 11 is 0. The predicted octanol–water partition coefficient (Wildman–Crippen LogP) is 2.83. The highest BCUT2D eigenvalue weighted by Crippen LogP contribution is 2.33. The van der Waals surface area contributed by atoms with E-state index in [1.54, 1.807) is 0 Å². The Labute approximate surface area is 73.2 Å². The lowest BCUT2D eigenvalue weighted by molar-refractivity contribution is -0.138. The molecule has 1 aromatic rings. The summed E-state index contributed by atoms with van der Waals surface area (Å²) in [5, 5.41) is 0. The maximum absolute atomic E-state index is 12.3. The third-order valence-electron chi connectivity index (χ3n) is 1.72. The summed E-state index contributed by atoms with van der Waals surface area (Å²) in [6.45, 7) is 1.33. The normalized spacial score (nSPS) is 11.4. The minimum absolute atomic E-state index is 0.0668. The molecule has 0 radical (unpaired) electrons. The first kappa shape index (κ1) is 9.77. The van der Waals surface area contributed by atoms with Crippen molar-refractivity contribution >= 4 is 6.29 Å². The highest BCUT2D eigenvalue weighted by atomic mass is 19.4. The lowest BCUT2D eigenvalue weighted by Crippen LogP contribution is -2.10. The van der Waals surface area contributed by atoms with Gasteiger partial charge < -0.3 is 0 Å². The summed E-state index contributed by atoms with van der Waals surface area (Å²) in [7, 11) is 0. The largest absolute Gasteiger partial charge is 0.417 e. The maximum Gasteiger partial charge on any atom is 0.417 e. The van der Waals surface area contributed by atoms with Crippen molar-refractivity contribution in [3.8, 4) is 0 Å². The highest BCUT2D eigenvalue weighted by Gasteiger charge is 2.34. The predicted molar refractivity (Wildman–Crippen MR) is 41.6 cm³/mol. The zero-order chi connectivity index (χ0) is 10.1. The number of aldehydes is 1. The second-order valence-corrected chi connectivity index (χ2v) is 2.65. The topological polar surface area (TPSA) is 17.1 Å². The molecule has 0 heterocycles. The van der Waals surface area contributed by atoms with Gasteiger partial charge in [-0.15, -0.1) is 0 Å². The van der Waals surface area contributed by atoms with Crippen LogP contribution in [0.2, 0.25) is 0 Å². The van der Waals surface area contributed by atoms with Crippen LogP contribution in [0.5, 0.6) is 0 Å². The van der Waals surface area contributed by atoms with Crippen LogP contribution in [0.15, 0.2) is 18.2 Å². The number of benzene rings is 1. The second kappa shape index (κ2) is 3.20. The number of hydrogen-bond acceptors (Lipinski definition) is 1. The molecule has 0 aromatic heterocycles. The van der Waals surface area contributed by atoms with Gasteiger partial charge in [-0.05, 0) is 12.5 Å². The van der Waals surface area contributed by atoms with E-state index < -0.39 is 11.7 Å². The van der Waals surface area contributed by atoms with Crippen molar-refractivity contribution in [2.75, 3.05) is 0 Å². The third kappa shape index (κ3) is 1.88. The number of carbonyl (C=O) groups is 1. The average molecular weight is 188 g/mol. The van der Waals surface area contributed by atoms with Crippen molar-refractivity contribution in [3.05, 3.63) is 34.9 Å². The molecule has 1 aromatic carbocycles. The Kier molecular flexibility index (Phi) is 2.40. The first-order valence-electron chi connectivity index (χ1n) is 3.59. The molecule has 0 aliphatic heterocycles. The van der Waals surface area contributed by atoms with E-state index in [0.29, 0.717) is 0 Å². The lowest BCUT2D eigenvalue weighted by Gasteiger charge is -2.11. The van der Waals surface area contributed by atoms with Gasteiger partial charge in [-0.25, -0.2) is 0 Å². The molecule has 1 rings (SSSR count). The average Bonchev–Trinajstić information content (AvgIpc) is 2.01. The van der Waals surface area contributed by atoms with Crippen LogP contribution in [-0.4, -0.2) is 6.29 Å². The molecule has 1 nitrogen and oxygen atoms in total. The van der Waals surface area contributed by atoms with Crippen LogP contribution in [0.1, 0.15) is 21.5 Å². The van der Waals surface area contributed by atoms with E-state index in [4.69, 9.17) is 0 Å². The van der Waals surface area contributed by atoms with Crippen molar-refractivity contribution in [2.24, 2.45) is 0 Å². The minimum Gasteiger partial charge on any atom is -0.298 e. The molecule has 0 aliphatic rings. The van der Waals surface area contributed by atoms with Gasteiger partial charge in [0.15, 0.2) is 6.29 Å². The molecule has 0 atom stereocenters. The summed E-state index contributed by atoms with van der Waals surface area (Å²) in [6.07, 6.45) is -4.24. The van der Waals surface area contributed by atoms with Crippen molar-refractivity contribution in [2.45, 2.75) is 13.1 Å². The molecule has 0 spiro atoms. The van der Waals surface area contributed by atoms with Gasteiger partial charge in [-0.3, -0.25) is 4.79 Å². The fourth-order valence-electron chi connectivity index (χ4n) is 1.18. The molecule has 0 N–H and O–H groups in total. The van der Waals surface area contributed by atoms with Crippen LogP contribution in [-0.2, 0) is 6.18 Å². The Hall–Kier alpha value is -1.32. The highest BCUT2D eigenvalue weighted by molar-refractivity contribution is 5.78. The Bertz CT molecular complexity index is 328. The van der Waals surface area contributed by atoms with E-state index in [9.17, 15) is 18.0 Å². The fourth-order valence-corrected chi connectivity index (χ4v) is 1.18. The van der Waals surface area contributed by atoms with Crippen LogP contribution >= 0.6 is 0 Å². The SMILES string of the molecule is Cc1cccc(C=O)c1C(F)(F)F. The molecule has 70 valence electrons. The first-order valence-corrected chi connectivity index (χ1v) is 3.59. The molecule has 0 unspecified atom stereocenters. The number of alkyl halides is 3. The van der Waals surface area contributed by atoms with E-state index in [-0.39, 0.29) is 17.4 Å². The Morgan fingerprint density at radius 2 is 1.92 bits per heavy atom. The summed E-state index contributed by atoms with van der Waals surface area (Å²) < 4.78 is 37.0. The number of rotatable bonds is 1. The quantitative estimate of drug-likeness (QED) is 0.619. The summed E-state index contributed by atoms with van der Waals surface area (Å²) in [5.41, 5.74) is -1.09. The molecule has 13 heavy (non-hydrogen) atoms. The molecule has 0 fully saturated rings. The van der Waals surface area contributed by atoms with Gasteiger partial charge in [0.25, 0.3) is 0 Å². The van der Waals surface area contributed by atoms with Crippen LogP contribution in [0.4, 0.5) is 13.2 Å². The minimum atomic E-state index is -4.46. The van der Waals surface area contributed by atoms with Gasteiger partial charge in [-0.1, -0.05) is 18.2 Å². The Balaban J connectivity index is 3.40. The van der Waals surface area contributed by atoms with Gasteiger partial charge in [0, 0.05) is 5.56 Å². The number of aryl methyl sites for hydroxylation is 1. The molecule has 0 bridgehead atoms. The third-order valence-corrected chi connectivity index (χ3v) is 1.72. The zero-order valence-electron chi connectivity index (χ0n) is 6.85. The van der Waals surface area contributed by atoms with Gasteiger partial charge in [0.05, 0.1) is 5.56 Å². The molecule has 0 aliphatic carbocycles. The maximum atomic E-state index is 12.3. The Morgan fingerprint density at radius 1 is 1.31 bits per heavy atom. The van der Waals surface area contributed by atoms with Crippen molar-refractivity contribution in [1.82, 2.24) is 0 Å². The van der Waals surface area contributed by atoms with Crippen LogP contribution in [0.3, 0.4) is 0 Å². The van der Waals surface area contributed by atoms with E-state index in [0.717, 1.165) is 6.07 Å². The van der Waals surface area contributed by atoms with Crippen molar-refractivity contribution in [1.29, 1.82) is 0 Å². The van der Waals surface area contributed by atoms with Gasteiger partial charge >= 0.3 is 6.18 Å². The van der Waals surface area contributed by atoms with Crippen LogP contribution in [0.25, 0.3) is 0 Å². The molecule has 0 saturated carbocycles. The van der Waals surface area contributed by atoms with Gasteiger partial charge in [-0.2, -0.15) is 13.2 Å². The summed E-state index contributed by atoms with van der Waals surface area (Å²) in [5.74, 6) is 0. The lowest BCUT2D eigenvalue weighted by atomic mass is 10.0. The van der Waals surface area contributed by atoms with E-state index >= 15 is 0 Å². The van der Waals surface area contributed by atoms with E-state index in [1.807, 2.05) is 0 Å². The van der Waals surface area contributed by atoms with Crippen LogP contribution < -0.4 is 0 Å². The number of halogens is 3. The molecule has 0 amide bonds. The van der Waals surface area contributed by atoms with E-state index in [2.05, 4.69) is 0 Å². The molecular weight excluding hydrogens is 181 g/mol. The fraction of sp³-hybridized carbons (Fsp3) is 0.222. The summed E-state index contributed by atoms with van der Waals surface area (Å²) in [4.78, 5) is 10.3. The van der Waals surface area contributed by atoms with Crippen molar-refractivity contribution < 1.29 is 18.0 Å².